The van der Waals surface area contributed by atoms with Crippen LogP contribution in [-0.2, 0) is 25.6 Å². The number of hydrogen-bond donors (Lipinski definition) is 1. The van der Waals surface area contributed by atoms with Crippen molar-refractivity contribution in [3.63, 3.8) is 0 Å². The number of amides is 2. The smallest absolute Gasteiger partial charge is 0.414 e. The maximum atomic E-state index is 12.6. The van der Waals surface area contributed by atoms with Gasteiger partial charge in [0.15, 0.2) is 0 Å². The van der Waals surface area contributed by atoms with Gasteiger partial charge in [0.1, 0.15) is 17.9 Å². The van der Waals surface area contributed by atoms with Gasteiger partial charge in [-0.3, -0.25) is 14.9 Å². The molecule has 1 N–H and O–H groups in total. The number of hydrogen-bond acceptors (Lipinski definition) is 8. The van der Waals surface area contributed by atoms with Crippen molar-refractivity contribution in [2.75, 3.05) is 26.8 Å². The van der Waals surface area contributed by atoms with E-state index >= 15 is 0 Å². The molecule has 1 saturated carbocycles. The van der Waals surface area contributed by atoms with Crippen LogP contribution < -0.4 is 10.1 Å². The summed E-state index contributed by atoms with van der Waals surface area (Å²) in [6.07, 6.45) is 6.28. The van der Waals surface area contributed by atoms with Gasteiger partial charge in [-0.15, -0.1) is 0 Å². The lowest BCUT2D eigenvalue weighted by atomic mass is 9.94. The van der Waals surface area contributed by atoms with Crippen molar-refractivity contribution in [2.24, 2.45) is 4.99 Å². The molecule has 3 rings (SSSR count). The van der Waals surface area contributed by atoms with Crippen LogP contribution >= 0.6 is 0 Å². The van der Waals surface area contributed by atoms with E-state index in [1.165, 1.54) is 19.3 Å². The zero-order valence-corrected chi connectivity index (χ0v) is 23.4. The van der Waals surface area contributed by atoms with Crippen LogP contribution in [0.2, 0.25) is 0 Å². The Morgan fingerprint density at radius 3 is 2.58 bits per heavy atom. The van der Waals surface area contributed by atoms with Crippen molar-refractivity contribution in [2.45, 2.75) is 90.8 Å². The van der Waals surface area contributed by atoms with E-state index < -0.39 is 17.7 Å². The van der Waals surface area contributed by atoms with E-state index in [0.717, 1.165) is 18.4 Å². The third kappa shape index (κ3) is 8.92. The summed E-state index contributed by atoms with van der Waals surface area (Å²) >= 11 is 0. The van der Waals surface area contributed by atoms with Crippen molar-refractivity contribution in [3.8, 4) is 5.75 Å². The number of nitrogens with one attached hydrogen (secondary N) is 1. The first-order chi connectivity index (χ1) is 18.1. The first-order valence-electron chi connectivity index (χ1n) is 13.6. The number of esters is 1. The Hall–Kier alpha value is -3.30. The van der Waals surface area contributed by atoms with Gasteiger partial charge in [0.2, 0.25) is 11.9 Å². The third-order valence-corrected chi connectivity index (χ3v) is 6.50. The highest BCUT2D eigenvalue weighted by Gasteiger charge is 2.27. The predicted octanol–water partition coefficient (Wildman–Crippen LogP) is 4.53. The summed E-state index contributed by atoms with van der Waals surface area (Å²) in [6.45, 7) is 7.97. The van der Waals surface area contributed by atoms with Crippen molar-refractivity contribution in [1.82, 2.24) is 15.1 Å². The molecule has 1 aromatic carbocycles. The van der Waals surface area contributed by atoms with Gasteiger partial charge in [-0.25, -0.2) is 9.79 Å². The summed E-state index contributed by atoms with van der Waals surface area (Å²) < 4.78 is 16.4. The van der Waals surface area contributed by atoms with Gasteiger partial charge in [-0.2, -0.15) is 0 Å². The lowest BCUT2D eigenvalue weighted by Gasteiger charge is -2.31. The fraction of sp³-hybridized carbons (Fsp3) is 0.643. The molecule has 0 unspecified atom stereocenters. The van der Waals surface area contributed by atoms with E-state index in [4.69, 9.17) is 14.2 Å². The topological polar surface area (TPSA) is 110 Å². The molecule has 2 aliphatic rings. The number of carbonyl (C=O) groups excluding carboxylic acids is 3. The van der Waals surface area contributed by atoms with Crippen LogP contribution in [0.1, 0.15) is 78.2 Å². The second kappa shape index (κ2) is 13.5. The summed E-state index contributed by atoms with van der Waals surface area (Å²) in [4.78, 5) is 45.3. The second-order valence-corrected chi connectivity index (χ2v) is 10.8. The molecular weight excluding hydrogens is 488 g/mol. The molecule has 1 fully saturated rings. The molecule has 38 heavy (non-hydrogen) atoms. The van der Waals surface area contributed by atoms with Gasteiger partial charge in [0.05, 0.1) is 18.9 Å². The molecule has 1 aliphatic carbocycles. The summed E-state index contributed by atoms with van der Waals surface area (Å²) in [5.41, 5.74) is 0.827. The quantitative estimate of drug-likeness (QED) is 0.369. The van der Waals surface area contributed by atoms with Crippen molar-refractivity contribution >= 4 is 29.6 Å². The molecule has 10 nitrogen and oxygen atoms in total. The average molecular weight is 531 g/mol. The Balaban J connectivity index is 1.60. The van der Waals surface area contributed by atoms with E-state index in [2.05, 4.69) is 10.3 Å². The number of benzene rings is 1. The highest BCUT2D eigenvalue weighted by molar-refractivity contribution is 5.97. The summed E-state index contributed by atoms with van der Waals surface area (Å²) in [6, 6.07) is 5.86. The van der Waals surface area contributed by atoms with Crippen molar-refractivity contribution in [3.05, 3.63) is 23.8 Å². The minimum atomic E-state index is -0.675. The second-order valence-electron chi connectivity index (χ2n) is 10.8. The highest BCUT2D eigenvalue weighted by Crippen LogP contribution is 2.30. The maximum Gasteiger partial charge on any atom is 0.414 e. The monoisotopic (exact) mass is 530 g/mol. The van der Waals surface area contributed by atoms with Gasteiger partial charge >= 0.3 is 12.1 Å². The number of fused-ring (bicyclic) bond motifs is 1. The zero-order chi connectivity index (χ0) is 27.7. The first kappa shape index (κ1) is 29.3. The van der Waals surface area contributed by atoms with E-state index in [9.17, 15) is 14.4 Å². The van der Waals surface area contributed by atoms with Crippen LogP contribution in [0.25, 0.3) is 0 Å². The fourth-order valence-corrected chi connectivity index (χ4v) is 4.61. The predicted molar refractivity (Wildman–Crippen MR) is 144 cm³/mol. The summed E-state index contributed by atoms with van der Waals surface area (Å²) in [5, 5.41) is 2.65. The molecule has 1 heterocycles. The lowest BCUT2D eigenvalue weighted by molar-refractivity contribution is -0.143. The molecular formula is C28H42N4O6. The molecule has 10 heteroatoms. The summed E-state index contributed by atoms with van der Waals surface area (Å²) in [7, 11) is 1.91. The van der Waals surface area contributed by atoms with Crippen molar-refractivity contribution in [1.29, 1.82) is 0 Å². The number of nitrogens with zero attached hydrogens (tertiary/aromatic N) is 3. The molecule has 2 amide bonds. The fourth-order valence-electron chi connectivity index (χ4n) is 4.61. The molecule has 1 aromatic rings. The van der Waals surface area contributed by atoms with Crippen LogP contribution in [0.5, 0.6) is 5.75 Å². The summed E-state index contributed by atoms with van der Waals surface area (Å²) in [5.74, 6) is 0.616. The Kier molecular flexibility index (Phi) is 10.4. The Morgan fingerprint density at radius 1 is 1.16 bits per heavy atom. The molecule has 1 aliphatic heterocycles. The minimum Gasteiger partial charge on any atom is -0.494 e. The Morgan fingerprint density at radius 2 is 1.89 bits per heavy atom. The number of alkyl carbamates (subject to hydrolysis) is 1. The molecule has 0 aromatic heterocycles. The van der Waals surface area contributed by atoms with E-state index in [-0.39, 0.29) is 25.0 Å². The normalized spacial score (nSPS) is 15.7. The van der Waals surface area contributed by atoms with Gasteiger partial charge in [0, 0.05) is 31.6 Å². The van der Waals surface area contributed by atoms with E-state index in [1.54, 1.807) is 32.6 Å². The van der Waals surface area contributed by atoms with Crippen LogP contribution in [0.4, 0.5) is 10.5 Å². The van der Waals surface area contributed by atoms with Gasteiger partial charge < -0.3 is 24.0 Å². The Bertz CT molecular complexity index is 1010. The molecule has 0 atom stereocenters. The van der Waals surface area contributed by atoms with Crippen LogP contribution in [-0.4, -0.2) is 72.2 Å². The van der Waals surface area contributed by atoms with Gasteiger partial charge in [0.25, 0.3) is 0 Å². The Labute approximate surface area is 225 Å². The average Bonchev–Trinajstić information content (AvgIpc) is 2.86. The number of ether oxygens (including phenoxy) is 3. The molecule has 0 radical (unpaired) electrons. The van der Waals surface area contributed by atoms with Crippen LogP contribution in [0.3, 0.4) is 0 Å². The highest BCUT2D eigenvalue weighted by atomic mass is 16.6. The number of guanidine groups is 1. The van der Waals surface area contributed by atoms with Crippen molar-refractivity contribution < 1.29 is 28.6 Å². The zero-order valence-electron chi connectivity index (χ0n) is 23.4. The number of rotatable bonds is 9. The molecule has 0 spiro atoms. The lowest BCUT2D eigenvalue weighted by Crippen LogP contribution is -2.48. The molecule has 0 saturated heterocycles. The molecule has 210 valence electrons. The first-order valence-corrected chi connectivity index (χ1v) is 13.6. The minimum absolute atomic E-state index is 0.0797. The molecule has 0 bridgehead atoms. The van der Waals surface area contributed by atoms with Crippen LogP contribution in [0.15, 0.2) is 23.2 Å². The maximum absolute atomic E-state index is 12.6. The largest absolute Gasteiger partial charge is 0.494 e. The van der Waals surface area contributed by atoms with Gasteiger partial charge in [-0.05, 0) is 65.2 Å². The number of aliphatic imine (C=N–C) groups is 1. The van der Waals surface area contributed by atoms with E-state index in [0.29, 0.717) is 43.5 Å². The third-order valence-electron chi connectivity index (χ3n) is 6.50. The standard InChI is InChI=1S/C28H42N4O6/c1-6-36-25(34)19-32-18-20-17-22(14-15-23(20)29-26(32)30-27(35)38-28(2,3)4)37-16-10-13-24(33)31(5)21-11-8-7-9-12-21/h14-15,17,21H,6-13,16,18-19H2,1-5H3,(H,29,30,35). The number of carbonyl (C=O) groups is 3. The van der Waals surface area contributed by atoms with Gasteiger partial charge in [-0.1, -0.05) is 19.3 Å². The van der Waals surface area contributed by atoms with Crippen LogP contribution in [0, 0.1) is 0 Å². The van der Waals surface area contributed by atoms with E-state index in [1.807, 2.05) is 30.1 Å². The SMILES string of the molecule is CCOC(=O)CN1Cc2cc(OCCCC(=O)N(C)C3CCCCC3)ccc2N=C1NC(=O)OC(C)(C)C.